The molecule has 1 atom stereocenters. The van der Waals surface area contributed by atoms with E-state index in [4.69, 9.17) is 16.3 Å². The monoisotopic (exact) mass is 210 g/mol. The number of hydrogen-bond acceptors (Lipinski definition) is 2. The van der Waals surface area contributed by atoms with Crippen molar-refractivity contribution in [2.75, 3.05) is 7.11 Å². The standard InChI is InChI=1S/C11H11ClO2/c1-14-10-4-2-3-8(12)11(10)7-5-6-9(7)13/h2-4,7H,5-6H2,1H3. The summed E-state index contributed by atoms with van der Waals surface area (Å²) in [6, 6.07) is 5.46. The van der Waals surface area contributed by atoms with Gasteiger partial charge in [-0.1, -0.05) is 17.7 Å². The fraction of sp³-hybridized carbons (Fsp3) is 0.364. The van der Waals surface area contributed by atoms with Gasteiger partial charge in [0.1, 0.15) is 11.5 Å². The highest BCUT2D eigenvalue weighted by Crippen LogP contribution is 2.41. The van der Waals surface area contributed by atoms with Gasteiger partial charge in [0.2, 0.25) is 0 Å². The molecule has 0 bridgehead atoms. The van der Waals surface area contributed by atoms with Gasteiger partial charge in [0.05, 0.1) is 7.11 Å². The number of carbonyl (C=O) groups excluding carboxylic acids is 1. The van der Waals surface area contributed by atoms with Crippen LogP contribution in [0, 0.1) is 0 Å². The fourth-order valence-electron chi connectivity index (χ4n) is 1.75. The van der Waals surface area contributed by atoms with Crippen LogP contribution in [0.25, 0.3) is 0 Å². The first-order valence-corrected chi connectivity index (χ1v) is 4.97. The molecular formula is C11H11ClO2. The van der Waals surface area contributed by atoms with Gasteiger partial charge in [-0.05, 0) is 18.6 Å². The lowest BCUT2D eigenvalue weighted by atomic mass is 9.78. The molecule has 0 amide bonds. The van der Waals surface area contributed by atoms with Gasteiger partial charge in [-0.3, -0.25) is 4.79 Å². The Hall–Kier alpha value is -1.02. The first-order valence-electron chi connectivity index (χ1n) is 4.59. The third-order valence-electron chi connectivity index (χ3n) is 2.65. The number of Topliss-reactive ketones (excluding diaryl/α,β-unsaturated/α-hetero) is 1. The van der Waals surface area contributed by atoms with Crippen LogP contribution >= 0.6 is 11.6 Å². The summed E-state index contributed by atoms with van der Waals surface area (Å²) in [5.74, 6) is 0.936. The summed E-state index contributed by atoms with van der Waals surface area (Å²) >= 11 is 6.05. The summed E-state index contributed by atoms with van der Waals surface area (Å²) in [6.07, 6.45) is 1.55. The summed E-state index contributed by atoms with van der Waals surface area (Å²) in [7, 11) is 1.60. The van der Waals surface area contributed by atoms with Crippen LogP contribution in [-0.4, -0.2) is 12.9 Å². The van der Waals surface area contributed by atoms with Crippen molar-refractivity contribution < 1.29 is 9.53 Å². The minimum atomic E-state index is -0.0429. The highest BCUT2D eigenvalue weighted by Gasteiger charge is 2.33. The summed E-state index contributed by atoms with van der Waals surface area (Å²) in [5.41, 5.74) is 0.855. The minimum absolute atomic E-state index is 0.0429. The molecule has 3 heteroatoms. The number of ketones is 1. The summed E-state index contributed by atoms with van der Waals surface area (Å²) in [6.45, 7) is 0. The molecule has 2 nitrogen and oxygen atoms in total. The molecule has 1 aliphatic carbocycles. The van der Waals surface area contributed by atoms with Crippen LogP contribution in [0.3, 0.4) is 0 Å². The molecule has 1 aromatic rings. The van der Waals surface area contributed by atoms with Gasteiger partial charge in [0.25, 0.3) is 0 Å². The normalized spacial score (nSPS) is 20.4. The van der Waals surface area contributed by atoms with Crippen molar-refractivity contribution in [1.82, 2.24) is 0 Å². The molecule has 0 saturated heterocycles. The Morgan fingerprint density at radius 1 is 1.50 bits per heavy atom. The Morgan fingerprint density at radius 2 is 2.29 bits per heavy atom. The maximum absolute atomic E-state index is 11.3. The summed E-state index contributed by atoms with van der Waals surface area (Å²) in [5, 5.41) is 0.627. The predicted octanol–water partition coefficient (Wildman–Crippen LogP) is 2.80. The number of benzene rings is 1. The number of methoxy groups -OCH3 is 1. The molecule has 0 aromatic heterocycles. The molecule has 1 saturated carbocycles. The molecule has 1 aliphatic rings. The SMILES string of the molecule is COc1cccc(Cl)c1C1CCC1=O. The number of carbonyl (C=O) groups is 1. The second-order valence-electron chi connectivity index (χ2n) is 3.41. The van der Waals surface area contributed by atoms with Gasteiger partial charge in [0, 0.05) is 22.9 Å². The Bertz CT molecular complexity index is 374. The van der Waals surface area contributed by atoms with Crippen LogP contribution in [0.1, 0.15) is 24.3 Å². The van der Waals surface area contributed by atoms with E-state index in [-0.39, 0.29) is 11.7 Å². The number of rotatable bonds is 2. The molecule has 1 aromatic carbocycles. The molecule has 74 valence electrons. The number of hydrogen-bond donors (Lipinski definition) is 0. The molecular weight excluding hydrogens is 200 g/mol. The van der Waals surface area contributed by atoms with Gasteiger partial charge in [-0.2, -0.15) is 0 Å². The second-order valence-corrected chi connectivity index (χ2v) is 3.82. The van der Waals surface area contributed by atoms with Gasteiger partial charge in [-0.15, -0.1) is 0 Å². The van der Waals surface area contributed by atoms with Crippen molar-refractivity contribution in [1.29, 1.82) is 0 Å². The lowest BCUT2D eigenvalue weighted by Crippen LogP contribution is -2.24. The molecule has 0 aliphatic heterocycles. The lowest BCUT2D eigenvalue weighted by molar-refractivity contribution is -0.125. The highest BCUT2D eigenvalue weighted by atomic mass is 35.5. The van der Waals surface area contributed by atoms with E-state index < -0.39 is 0 Å². The largest absolute Gasteiger partial charge is 0.496 e. The zero-order valence-corrected chi connectivity index (χ0v) is 8.67. The van der Waals surface area contributed by atoms with Gasteiger partial charge in [0.15, 0.2) is 0 Å². The van der Waals surface area contributed by atoms with Crippen molar-refractivity contribution in [3.05, 3.63) is 28.8 Å². The van der Waals surface area contributed by atoms with Crippen molar-refractivity contribution in [2.24, 2.45) is 0 Å². The Balaban J connectivity index is 2.44. The molecule has 14 heavy (non-hydrogen) atoms. The van der Waals surface area contributed by atoms with E-state index in [1.807, 2.05) is 12.1 Å². The molecule has 2 rings (SSSR count). The quantitative estimate of drug-likeness (QED) is 0.751. The lowest BCUT2D eigenvalue weighted by Gasteiger charge is -2.26. The van der Waals surface area contributed by atoms with Crippen LogP contribution in [0.15, 0.2) is 18.2 Å². The Morgan fingerprint density at radius 3 is 2.79 bits per heavy atom. The van der Waals surface area contributed by atoms with Crippen molar-refractivity contribution in [3.8, 4) is 5.75 Å². The molecule has 0 N–H and O–H groups in total. The van der Waals surface area contributed by atoms with E-state index in [1.165, 1.54) is 0 Å². The van der Waals surface area contributed by atoms with Crippen molar-refractivity contribution in [3.63, 3.8) is 0 Å². The van der Waals surface area contributed by atoms with Gasteiger partial charge < -0.3 is 4.74 Å². The van der Waals surface area contributed by atoms with E-state index in [0.29, 0.717) is 11.4 Å². The molecule has 1 unspecified atom stereocenters. The van der Waals surface area contributed by atoms with Gasteiger partial charge in [-0.25, -0.2) is 0 Å². The molecule has 0 spiro atoms. The summed E-state index contributed by atoms with van der Waals surface area (Å²) < 4.78 is 5.19. The Kier molecular flexibility index (Phi) is 2.46. The second kappa shape index (κ2) is 3.62. The van der Waals surface area contributed by atoms with E-state index >= 15 is 0 Å². The highest BCUT2D eigenvalue weighted by molar-refractivity contribution is 6.32. The van der Waals surface area contributed by atoms with Gasteiger partial charge >= 0.3 is 0 Å². The molecule has 0 radical (unpaired) electrons. The van der Waals surface area contributed by atoms with Crippen LogP contribution < -0.4 is 4.74 Å². The van der Waals surface area contributed by atoms with Crippen LogP contribution in [-0.2, 0) is 4.79 Å². The van der Waals surface area contributed by atoms with E-state index in [9.17, 15) is 4.79 Å². The minimum Gasteiger partial charge on any atom is -0.496 e. The number of ether oxygens (including phenoxy) is 1. The first-order chi connectivity index (χ1) is 6.74. The first kappa shape index (κ1) is 9.53. The third-order valence-corrected chi connectivity index (χ3v) is 2.98. The average Bonchev–Trinajstić information content (AvgIpc) is 2.18. The van der Waals surface area contributed by atoms with Crippen LogP contribution in [0.4, 0.5) is 0 Å². The molecule has 0 heterocycles. The smallest absolute Gasteiger partial charge is 0.140 e. The Labute approximate surface area is 87.8 Å². The van der Waals surface area contributed by atoms with E-state index in [1.54, 1.807) is 13.2 Å². The maximum Gasteiger partial charge on any atom is 0.140 e. The number of halogens is 1. The van der Waals surface area contributed by atoms with Crippen LogP contribution in [0.5, 0.6) is 5.75 Å². The predicted molar refractivity (Wildman–Crippen MR) is 55.0 cm³/mol. The summed E-state index contributed by atoms with van der Waals surface area (Å²) in [4.78, 5) is 11.3. The molecule has 1 fully saturated rings. The van der Waals surface area contributed by atoms with E-state index in [2.05, 4.69) is 0 Å². The van der Waals surface area contributed by atoms with E-state index in [0.717, 1.165) is 17.7 Å². The van der Waals surface area contributed by atoms with Crippen molar-refractivity contribution >= 4 is 17.4 Å². The zero-order valence-electron chi connectivity index (χ0n) is 7.92. The zero-order chi connectivity index (χ0) is 10.1. The van der Waals surface area contributed by atoms with Crippen molar-refractivity contribution in [2.45, 2.75) is 18.8 Å². The third kappa shape index (κ3) is 1.40. The fourth-order valence-corrected chi connectivity index (χ4v) is 2.04. The average molecular weight is 211 g/mol. The van der Waals surface area contributed by atoms with Crippen LogP contribution in [0.2, 0.25) is 5.02 Å². The maximum atomic E-state index is 11.3. The topological polar surface area (TPSA) is 26.3 Å².